The third kappa shape index (κ3) is 5.01. The van der Waals surface area contributed by atoms with Gasteiger partial charge in [-0.05, 0) is 26.3 Å². The summed E-state index contributed by atoms with van der Waals surface area (Å²) in [6.45, 7) is 4.25. The molecule has 0 radical (unpaired) electrons. The average Bonchev–Trinajstić information content (AvgIpc) is 2.54. The number of benzene rings is 1. The van der Waals surface area contributed by atoms with E-state index in [-0.39, 0.29) is 11.3 Å². The molecule has 2 rings (SSSR count). The predicted molar refractivity (Wildman–Crippen MR) is 90.8 cm³/mol. The molecule has 1 N–H and O–H groups in total. The fourth-order valence-electron chi connectivity index (χ4n) is 2.05. The van der Waals surface area contributed by atoms with Crippen molar-refractivity contribution in [2.45, 2.75) is 26.8 Å². The van der Waals surface area contributed by atoms with Gasteiger partial charge in [0.2, 0.25) is 10.0 Å². The summed E-state index contributed by atoms with van der Waals surface area (Å²) in [7, 11) is -3.20. The molecule has 0 spiro atoms. The van der Waals surface area contributed by atoms with E-state index in [0.29, 0.717) is 19.5 Å². The molecular formula is C16H21N3O3S. The third-order valence-corrected chi connectivity index (χ3v) is 4.87. The second kappa shape index (κ2) is 7.52. The Kier molecular flexibility index (Phi) is 5.68. The maximum absolute atomic E-state index is 11.9. The van der Waals surface area contributed by atoms with Crippen molar-refractivity contribution in [3.63, 3.8) is 0 Å². The highest BCUT2D eigenvalue weighted by molar-refractivity contribution is 7.89. The van der Waals surface area contributed by atoms with Crippen molar-refractivity contribution in [2.24, 2.45) is 0 Å². The fraction of sp³-hybridized carbons (Fsp3) is 0.375. The highest BCUT2D eigenvalue weighted by atomic mass is 32.2. The smallest absolute Gasteiger partial charge is 0.266 e. The van der Waals surface area contributed by atoms with Crippen molar-refractivity contribution >= 4 is 10.0 Å². The number of hydrogen-bond donors (Lipinski definition) is 1. The van der Waals surface area contributed by atoms with Crippen LogP contribution in [-0.2, 0) is 16.6 Å². The largest absolute Gasteiger partial charge is 0.268 e. The van der Waals surface area contributed by atoms with Crippen LogP contribution >= 0.6 is 0 Å². The van der Waals surface area contributed by atoms with Crippen LogP contribution in [0, 0.1) is 6.92 Å². The SMILES string of the molecule is CCS(=O)(=O)NCCCn1nc(-c2ccc(C)cc2)ccc1=O. The van der Waals surface area contributed by atoms with Crippen molar-refractivity contribution in [3.05, 3.63) is 52.3 Å². The van der Waals surface area contributed by atoms with Crippen LogP contribution in [0.25, 0.3) is 11.3 Å². The molecule has 1 aromatic heterocycles. The molecule has 7 heteroatoms. The zero-order valence-corrected chi connectivity index (χ0v) is 14.1. The lowest BCUT2D eigenvalue weighted by Crippen LogP contribution is -2.29. The van der Waals surface area contributed by atoms with Crippen molar-refractivity contribution in [1.29, 1.82) is 0 Å². The van der Waals surface area contributed by atoms with Gasteiger partial charge < -0.3 is 0 Å². The van der Waals surface area contributed by atoms with Gasteiger partial charge in [-0.25, -0.2) is 17.8 Å². The maximum atomic E-state index is 11.9. The zero-order chi connectivity index (χ0) is 16.9. The fourth-order valence-corrected chi connectivity index (χ4v) is 2.71. The minimum Gasteiger partial charge on any atom is -0.268 e. The Bertz CT molecular complexity index is 811. The molecule has 0 atom stereocenters. The predicted octanol–water partition coefficient (Wildman–Crippen LogP) is 1.55. The first-order valence-electron chi connectivity index (χ1n) is 7.54. The highest BCUT2D eigenvalue weighted by Crippen LogP contribution is 2.15. The Morgan fingerprint density at radius 2 is 1.83 bits per heavy atom. The van der Waals surface area contributed by atoms with E-state index in [9.17, 15) is 13.2 Å². The van der Waals surface area contributed by atoms with Gasteiger partial charge >= 0.3 is 0 Å². The van der Waals surface area contributed by atoms with Crippen LogP contribution in [0.3, 0.4) is 0 Å². The molecule has 0 amide bonds. The number of aryl methyl sites for hydroxylation is 2. The molecule has 23 heavy (non-hydrogen) atoms. The number of nitrogens with one attached hydrogen (secondary N) is 1. The van der Waals surface area contributed by atoms with Crippen LogP contribution in [0.5, 0.6) is 0 Å². The normalized spacial score (nSPS) is 11.6. The molecule has 1 aromatic carbocycles. The first-order chi connectivity index (χ1) is 10.9. The van der Waals surface area contributed by atoms with Crippen LogP contribution in [-0.4, -0.2) is 30.5 Å². The molecule has 0 aliphatic carbocycles. The molecule has 0 saturated carbocycles. The van der Waals surface area contributed by atoms with Crippen LogP contribution in [0.4, 0.5) is 0 Å². The first kappa shape index (κ1) is 17.4. The van der Waals surface area contributed by atoms with E-state index < -0.39 is 10.0 Å². The standard InChI is InChI=1S/C16H21N3O3S/c1-3-23(21,22)17-11-4-12-19-16(20)10-9-15(18-19)14-7-5-13(2)6-8-14/h5-10,17H,3-4,11-12H2,1-2H3. The molecule has 0 saturated heterocycles. The second-order valence-electron chi connectivity index (χ2n) is 5.30. The Balaban J connectivity index is 2.06. The van der Waals surface area contributed by atoms with Gasteiger partial charge in [-0.15, -0.1) is 0 Å². The van der Waals surface area contributed by atoms with Gasteiger partial charge in [-0.3, -0.25) is 4.79 Å². The number of nitrogens with zero attached hydrogens (tertiary/aromatic N) is 2. The number of rotatable bonds is 7. The first-order valence-corrected chi connectivity index (χ1v) is 9.19. The minimum absolute atomic E-state index is 0.0497. The molecule has 1 heterocycles. The molecule has 6 nitrogen and oxygen atoms in total. The monoisotopic (exact) mass is 335 g/mol. The van der Waals surface area contributed by atoms with E-state index in [2.05, 4.69) is 9.82 Å². The number of sulfonamides is 1. The van der Waals surface area contributed by atoms with Crippen molar-refractivity contribution in [3.8, 4) is 11.3 Å². The Morgan fingerprint density at radius 3 is 2.48 bits per heavy atom. The lowest BCUT2D eigenvalue weighted by molar-refractivity contribution is 0.537. The molecule has 2 aromatic rings. The molecule has 0 unspecified atom stereocenters. The summed E-state index contributed by atoms with van der Waals surface area (Å²) in [4.78, 5) is 11.9. The summed E-state index contributed by atoms with van der Waals surface area (Å²) in [5, 5.41) is 4.35. The highest BCUT2D eigenvalue weighted by Gasteiger charge is 2.06. The van der Waals surface area contributed by atoms with E-state index in [1.54, 1.807) is 13.0 Å². The van der Waals surface area contributed by atoms with Crippen molar-refractivity contribution in [1.82, 2.24) is 14.5 Å². The molecular weight excluding hydrogens is 314 g/mol. The Labute approximate surface area is 136 Å². The van der Waals surface area contributed by atoms with Gasteiger partial charge in [0.25, 0.3) is 5.56 Å². The van der Waals surface area contributed by atoms with Gasteiger partial charge in [0.1, 0.15) is 0 Å². The van der Waals surface area contributed by atoms with Gasteiger partial charge in [0.15, 0.2) is 0 Å². The molecule has 0 bridgehead atoms. The Hall–Kier alpha value is -1.99. The lowest BCUT2D eigenvalue weighted by Gasteiger charge is -2.08. The molecule has 0 aliphatic rings. The summed E-state index contributed by atoms with van der Waals surface area (Å²) in [6.07, 6.45) is 0.503. The Morgan fingerprint density at radius 1 is 1.13 bits per heavy atom. The van der Waals surface area contributed by atoms with E-state index in [0.717, 1.165) is 16.8 Å². The van der Waals surface area contributed by atoms with E-state index in [1.165, 1.54) is 10.7 Å². The topological polar surface area (TPSA) is 81.1 Å². The third-order valence-electron chi connectivity index (χ3n) is 3.46. The molecule has 0 fully saturated rings. The van der Waals surface area contributed by atoms with E-state index >= 15 is 0 Å². The summed E-state index contributed by atoms with van der Waals surface area (Å²) >= 11 is 0. The summed E-state index contributed by atoms with van der Waals surface area (Å²) < 4.78 is 26.5. The molecule has 0 aliphatic heterocycles. The van der Waals surface area contributed by atoms with Crippen LogP contribution in [0.15, 0.2) is 41.2 Å². The summed E-state index contributed by atoms with van der Waals surface area (Å²) in [5.74, 6) is 0.0497. The number of aromatic nitrogens is 2. The lowest BCUT2D eigenvalue weighted by atomic mass is 10.1. The van der Waals surface area contributed by atoms with Crippen molar-refractivity contribution in [2.75, 3.05) is 12.3 Å². The minimum atomic E-state index is -3.20. The van der Waals surface area contributed by atoms with E-state index in [4.69, 9.17) is 0 Å². The van der Waals surface area contributed by atoms with Crippen molar-refractivity contribution < 1.29 is 8.42 Å². The molecule has 124 valence electrons. The maximum Gasteiger partial charge on any atom is 0.266 e. The van der Waals surface area contributed by atoms with E-state index in [1.807, 2.05) is 31.2 Å². The quantitative estimate of drug-likeness (QED) is 0.779. The van der Waals surface area contributed by atoms with Crippen LogP contribution < -0.4 is 10.3 Å². The van der Waals surface area contributed by atoms with Gasteiger partial charge in [0.05, 0.1) is 11.4 Å². The summed E-state index contributed by atoms with van der Waals surface area (Å²) in [6, 6.07) is 11.1. The second-order valence-corrected chi connectivity index (χ2v) is 7.39. The number of hydrogen-bond acceptors (Lipinski definition) is 4. The van der Waals surface area contributed by atoms with Gasteiger partial charge in [-0.1, -0.05) is 29.8 Å². The zero-order valence-electron chi connectivity index (χ0n) is 13.3. The average molecular weight is 335 g/mol. The van der Waals surface area contributed by atoms with Gasteiger partial charge in [-0.2, -0.15) is 5.10 Å². The van der Waals surface area contributed by atoms with Crippen LogP contribution in [0.1, 0.15) is 18.9 Å². The summed E-state index contributed by atoms with van der Waals surface area (Å²) in [5.41, 5.74) is 2.62. The van der Waals surface area contributed by atoms with Crippen LogP contribution in [0.2, 0.25) is 0 Å². The van der Waals surface area contributed by atoms with Gasteiger partial charge in [0, 0.05) is 24.7 Å².